The van der Waals surface area contributed by atoms with Gasteiger partial charge in [-0.15, -0.1) is 0 Å². The minimum absolute atomic E-state index is 0.0209. The van der Waals surface area contributed by atoms with Crippen LogP contribution < -0.4 is 5.32 Å². The SMILES string of the molecule is O=C(O)CC(NC(=O)CCc1ccc(F)cc1)C1CC1. The molecule has 108 valence electrons. The van der Waals surface area contributed by atoms with Gasteiger partial charge >= 0.3 is 5.97 Å². The average molecular weight is 279 g/mol. The average Bonchev–Trinajstić information content (AvgIpc) is 3.21. The van der Waals surface area contributed by atoms with Gasteiger partial charge in [-0.1, -0.05) is 12.1 Å². The Kier molecular flexibility index (Phi) is 4.71. The lowest BCUT2D eigenvalue weighted by molar-refractivity contribution is -0.137. The maximum Gasteiger partial charge on any atom is 0.305 e. The summed E-state index contributed by atoms with van der Waals surface area (Å²) in [7, 11) is 0. The minimum atomic E-state index is -0.888. The van der Waals surface area contributed by atoms with Gasteiger partial charge in [-0.05, 0) is 42.9 Å². The molecule has 1 aromatic rings. The van der Waals surface area contributed by atoms with Gasteiger partial charge in [0.1, 0.15) is 5.82 Å². The maximum atomic E-state index is 12.7. The van der Waals surface area contributed by atoms with Crippen molar-refractivity contribution in [3.63, 3.8) is 0 Å². The van der Waals surface area contributed by atoms with Crippen molar-refractivity contribution in [1.82, 2.24) is 5.32 Å². The summed E-state index contributed by atoms with van der Waals surface area (Å²) in [4.78, 5) is 22.6. The van der Waals surface area contributed by atoms with E-state index in [4.69, 9.17) is 5.11 Å². The van der Waals surface area contributed by atoms with E-state index >= 15 is 0 Å². The number of carbonyl (C=O) groups is 2. The quantitative estimate of drug-likeness (QED) is 0.803. The van der Waals surface area contributed by atoms with Crippen molar-refractivity contribution in [2.45, 2.75) is 38.1 Å². The summed E-state index contributed by atoms with van der Waals surface area (Å²) in [5.74, 6) is -1.03. The largest absolute Gasteiger partial charge is 0.481 e. The zero-order valence-electron chi connectivity index (χ0n) is 11.1. The first-order valence-corrected chi connectivity index (χ1v) is 6.80. The molecule has 0 aliphatic heterocycles. The fraction of sp³-hybridized carbons (Fsp3) is 0.467. The first kappa shape index (κ1) is 14.5. The van der Waals surface area contributed by atoms with Crippen LogP contribution in [0.3, 0.4) is 0 Å². The number of carboxylic acid groups (broad SMARTS) is 1. The van der Waals surface area contributed by atoms with Crippen molar-refractivity contribution in [2.24, 2.45) is 5.92 Å². The molecule has 0 spiro atoms. The van der Waals surface area contributed by atoms with Crippen molar-refractivity contribution in [3.05, 3.63) is 35.6 Å². The molecular weight excluding hydrogens is 261 g/mol. The van der Waals surface area contributed by atoms with Gasteiger partial charge in [0.2, 0.25) is 5.91 Å². The molecule has 1 aromatic carbocycles. The third kappa shape index (κ3) is 4.64. The summed E-state index contributed by atoms with van der Waals surface area (Å²) in [5.41, 5.74) is 0.891. The van der Waals surface area contributed by atoms with Gasteiger partial charge in [0.25, 0.3) is 0 Å². The summed E-state index contributed by atoms with van der Waals surface area (Å²) < 4.78 is 12.7. The molecule has 0 bridgehead atoms. The minimum Gasteiger partial charge on any atom is -0.481 e. The van der Waals surface area contributed by atoms with Gasteiger partial charge < -0.3 is 10.4 Å². The molecule has 4 nitrogen and oxygen atoms in total. The number of aryl methyl sites for hydroxylation is 1. The number of rotatable bonds is 7. The van der Waals surface area contributed by atoms with Crippen molar-refractivity contribution in [2.75, 3.05) is 0 Å². The molecule has 1 aliphatic rings. The molecule has 1 fully saturated rings. The Labute approximate surface area is 117 Å². The number of benzene rings is 1. The monoisotopic (exact) mass is 279 g/mol. The maximum absolute atomic E-state index is 12.7. The standard InChI is InChI=1S/C15H18FNO3/c16-12-6-1-10(2-7-12)3-8-14(18)17-13(9-15(19)20)11-4-5-11/h1-2,6-7,11,13H,3-5,8-9H2,(H,17,18)(H,19,20). The Morgan fingerprint density at radius 3 is 2.50 bits per heavy atom. The van der Waals surface area contributed by atoms with E-state index in [-0.39, 0.29) is 30.6 Å². The number of amides is 1. The van der Waals surface area contributed by atoms with E-state index in [1.54, 1.807) is 12.1 Å². The molecule has 0 aromatic heterocycles. The number of aliphatic carboxylic acids is 1. The molecule has 5 heteroatoms. The molecule has 0 heterocycles. The van der Waals surface area contributed by atoms with E-state index in [1.807, 2.05) is 0 Å². The highest BCUT2D eigenvalue weighted by Crippen LogP contribution is 2.34. The number of carboxylic acids is 1. The number of hydrogen-bond acceptors (Lipinski definition) is 2. The van der Waals surface area contributed by atoms with Gasteiger partial charge in [-0.3, -0.25) is 9.59 Å². The molecule has 1 unspecified atom stereocenters. The Hall–Kier alpha value is -1.91. The van der Waals surface area contributed by atoms with E-state index in [1.165, 1.54) is 12.1 Å². The van der Waals surface area contributed by atoms with Gasteiger partial charge in [0, 0.05) is 12.5 Å². The molecule has 1 saturated carbocycles. The van der Waals surface area contributed by atoms with Crippen LogP contribution in [-0.4, -0.2) is 23.0 Å². The topological polar surface area (TPSA) is 66.4 Å². The molecule has 1 aliphatic carbocycles. The molecular formula is C15H18FNO3. The van der Waals surface area contributed by atoms with Crippen LogP contribution >= 0.6 is 0 Å². The van der Waals surface area contributed by atoms with E-state index in [0.717, 1.165) is 18.4 Å². The fourth-order valence-corrected chi connectivity index (χ4v) is 2.21. The van der Waals surface area contributed by atoms with E-state index in [9.17, 15) is 14.0 Å². The molecule has 20 heavy (non-hydrogen) atoms. The van der Waals surface area contributed by atoms with Crippen molar-refractivity contribution < 1.29 is 19.1 Å². The second-order valence-electron chi connectivity index (χ2n) is 5.24. The van der Waals surface area contributed by atoms with Crippen LogP contribution in [0.2, 0.25) is 0 Å². The molecule has 0 saturated heterocycles. The first-order chi connectivity index (χ1) is 9.54. The van der Waals surface area contributed by atoms with Crippen LogP contribution in [0, 0.1) is 11.7 Å². The highest BCUT2D eigenvalue weighted by molar-refractivity contribution is 5.77. The van der Waals surface area contributed by atoms with Gasteiger partial charge in [-0.2, -0.15) is 0 Å². The highest BCUT2D eigenvalue weighted by atomic mass is 19.1. The first-order valence-electron chi connectivity index (χ1n) is 6.80. The van der Waals surface area contributed by atoms with E-state index < -0.39 is 5.97 Å². The lowest BCUT2D eigenvalue weighted by atomic mass is 10.1. The van der Waals surface area contributed by atoms with E-state index in [0.29, 0.717) is 12.3 Å². The van der Waals surface area contributed by atoms with Crippen LogP contribution in [-0.2, 0) is 16.0 Å². The molecule has 0 radical (unpaired) electrons. The summed E-state index contributed by atoms with van der Waals surface area (Å²) in [5, 5.41) is 11.6. The van der Waals surface area contributed by atoms with Crippen LogP contribution in [0.15, 0.2) is 24.3 Å². The second kappa shape index (κ2) is 6.50. The van der Waals surface area contributed by atoms with Gasteiger partial charge in [-0.25, -0.2) is 4.39 Å². The highest BCUT2D eigenvalue weighted by Gasteiger charge is 2.33. The number of nitrogens with one attached hydrogen (secondary N) is 1. The molecule has 2 N–H and O–H groups in total. The lowest BCUT2D eigenvalue weighted by Crippen LogP contribution is -2.38. The number of carbonyl (C=O) groups excluding carboxylic acids is 1. The third-order valence-corrected chi connectivity index (χ3v) is 3.49. The fourth-order valence-electron chi connectivity index (χ4n) is 2.21. The number of halogens is 1. The Morgan fingerprint density at radius 2 is 1.95 bits per heavy atom. The zero-order valence-corrected chi connectivity index (χ0v) is 11.1. The predicted molar refractivity (Wildman–Crippen MR) is 71.6 cm³/mol. The summed E-state index contributed by atoms with van der Waals surface area (Å²) >= 11 is 0. The Morgan fingerprint density at radius 1 is 1.30 bits per heavy atom. The van der Waals surface area contributed by atoms with Gasteiger partial charge in [0.05, 0.1) is 6.42 Å². The van der Waals surface area contributed by atoms with Crippen molar-refractivity contribution in [3.8, 4) is 0 Å². The Bertz CT molecular complexity index is 482. The summed E-state index contributed by atoms with van der Waals surface area (Å²) in [6.07, 6.45) is 2.75. The van der Waals surface area contributed by atoms with Crippen LogP contribution in [0.1, 0.15) is 31.2 Å². The van der Waals surface area contributed by atoms with Crippen LogP contribution in [0.4, 0.5) is 4.39 Å². The van der Waals surface area contributed by atoms with Crippen LogP contribution in [0.5, 0.6) is 0 Å². The van der Waals surface area contributed by atoms with Crippen molar-refractivity contribution in [1.29, 1.82) is 0 Å². The smallest absolute Gasteiger partial charge is 0.305 e. The van der Waals surface area contributed by atoms with Gasteiger partial charge in [0.15, 0.2) is 0 Å². The van der Waals surface area contributed by atoms with E-state index in [2.05, 4.69) is 5.32 Å². The second-order valence-corrected chi connectivity index (χ2v) is 5.24. The zero-order chi connectivity index (χ0) is 14.5. The normalized spacial score (nSPS) is 15.7. The molecule has 2 rings (SSSR count). The number of hydrogen-bond donors (Lipinski definition) is 2. The summed E-state index contributed by atoms with van der Waals surface area (Å²) in [6.45, 7) is 0. The molecule has 1 amide bonds. The Balaban J connectivity index is 1.79. The van der Waals surface area contributed by atoms with Crippen LogP contribution in [0.25, 0.3) is 0 Å². The lowest BCUT2D eigenvalue weighted by Gasteiger charge is -2.16. The third-order valence-electron chi connectivity index (χ3n) is 3.49. The molecule has 1 atom stereocenters. The van der Waals surface area contributed by atoms with Crippen molar-refractivity contribution >= 4 is 11.9 Å². The summed E-state index contributed by atoms with van der Waals surface area (Å²) in [6, 6.07) is 5.78. The predicted octanol–water partition coefficient (Wildman–Crippen LogP) is 2.13.